The van der Waals surface area contributed by atoms with Gasteiger partial charge in [0.1, 0.15) is 0 Å². The van der Waals surface area contributed by atoms with Crippen LogP contribution in [0.25, 0.3) is 10.9 Å². The van der Waals surface area contributed by atoms with Gasteiger partial charge in [-0.15, -0.1) is 0 Å². The molecule has 0 saturated heterocycles. The monoisotopic (exact) mass is 321 g/mol. The molecule has 0 bridgehead atoms. The van der Waals surface area contributed by atoms with Gasteiger partial charge >= 0.3 is 0 Å². The minimum Gasteiger partial charge on any atom is -0.329 e. The third-order valence-electron chi connectivity index (χ3n) is 4.56. The molecule has 6 nitrogen and oxygen atoms in total. The van der Waals surface area contributed by atoms with Crippen LogP contribution in [0.15, 0.2) is 23.0 Å². The van der Waals surface area contributed by atoms with Gasteiger partial charge in [0.2, 0.25) is 11.9 Å². The Hall–Kier alpha value is -2.76. The predicted octanol–water partition coefficient (Wildman–Crippen LogP) is 2.95. The van der Waals surface area contributed by atoms with E-state index in [1.807, 2.05) is 32.0 Å². The van der Waals surface area contributed by atoms with Crippen molar-refractivity contribution >= 4 is 22.8 Å². The molecule has 24 heavy (non-hydrogen) atoms. The summed E-state index contributed by atoms with van der Waals surface area (Å²) in [7, 11) is 0. The minimum absolute atomic E-state index is 0.153. The van der Waals surface area contributed by atoms with Crippen LogP contribution < -0.4 is 10.9 Å². The van der Waals surface area contributed by atoms with Crippen LogP contribution in [0, 0.1) is 13.8 Å². The topological polar surface area (TPSA) is 83.6 Å². The Morgan fingerprint density at radius 2 is 1.92 bits per heavy atom. The summed E-state index contributed by atoms with van der Waals surface area (Å²) in [6.07, 6.45) is 3.84. The molecule has 0 atom stereocenters. The van der Waals surface area contributed by atoms with E-state index in [4.69, 9.17) is 0 Å². The number of nitrogens with zero attached hydrogens (tertiary/aromatic N) is 3. The van der Waals surface area contributed by atoms with Crippen LogP contribution in [0.3, 0.4) is 0 Å². The zero-order chi connectivity index (χ0) is 16.7. The molecule has 6 heteroatoms. The number of aromatic nitrogens is 4. The molecule has 2 aromatic heterocycles. The van der Waals surface area contributed by atoms with Gasteiger partial charge in [0.25, 0.3) is 5.56 Å². The highest BCUT2D eigenvalue weighted by atomic mass is 16.1. The first-order valence-electron chi connectivity index (χ1n) is 8.25. The Morgan fingerprint density at radius 3 is 2.79 bits per heavy atom. The lowest BCUT2D eigenvalue weighted by Gasteiger charge is -2.15. The summed E-state index contributed by atoms with van der Waals surface area (Å²) in [5, 5.41) is 4.10. The fourth-order valence-electron chi connectivity index (χ4n) is 3.29. The van der Waals surface area contributed by atoms with Gasteiger partial charge in [-0.25, -0.2) is 9.97 Å². The molecule has 0 fully saturated rings. The first-order chi connectivity index (χ1) is 11.6. The molecule has 1 aliphatic carbocycles. The second kappa shape index (κ2) is 5.70. The summed E-state index contributed by atoms with van der Waals surface area (Å²) in [4.78, 5) is 28.6. The van der Waals surface area contributed by atoms with E-state index in [2.05, 4.69) is 25.3 Å². The van der Waals surface area contributed by atoms with E-state index in [0.717, 1.165) is 59.1 Å². The first-order valence-corrected chi connectivity index (χ1v) is 8.25. The molecular formula is C18H19N5O. The van der Waals surface area contributed by atoms with Crippen molar-refractivity contribution in [1.82, 2.24) is 19.9 Å². The summed E-state index contributed by atoms with van der Waals surface area (Å²) in [5.74, 6) is 0.862. The molecule has 1 aromatic carbocycles. The van der Waals surface area contributed by atoms with Crippen molar-refractivity contribution in [3.63, 3.8) is 0 Å². The van der Waals surface area contributed by atoms with Gasteiger partial charge < -0.3 is 4.98 Å². The molecule has 2 heterocycles. The van der Waals surface area contributed by atoms with E-state index in [0.29, 0.717) is 11.9 Å². The van der Waals surface area contributed by atoms with Crippen LogP contribution in [0.4, 0.5) is 11.9 Å². The maximum atomic E-state index is 12.2. The zero-order valence-electron chi connectivity index (χ0n) is 13.8. The summed E-state index contributed by atoms with van der Waals surface area (Å²) in [5.41, 5.74) is 4.54. The lowest BCUT2D eigenvalue weighted by atomic mass is 9.97. The van der Waals surface area contributed by atoms with Crippen LogP contribution in [0.1, 0.15) is 35.4 Å². The van der Waals surface area contributed by atoms with Gasteiger partial charge in [-0.1, -0.05) is 18.2 Å². The minimum atomic E-state index is -0.153. The van der Waals surface area contributed by atoms with E-state index >= 15 is 0 Å². The molecule has 2 N–H and O–H groups in total. The molecule has 0 saturated carbocycles. The van der Waals surface area contributed by atoms with Crippen LogP contribution >= 0.6 is 0 Å². The van der Waals surface area contributed by atoms with Gasteiger partial charge in [0, 0.05) is 16.6 Å². The molecule has 0 aliphatic heterocycles. The van der Waals surface area contributed by atoms with Crippen LogP contribution in [-0.2, 0) is 12.8 Å². The Balaban J connectivity index is 1.76. The molecule has 0 amide bonds. The highest BCUT2D eigenvalue weighted by Crippen LogP contribution is 2.22. The summed E-state index contributed by atoms with van der Waals surface area (Å²) in [6, 6.07) is 6.04. The van der Waals surface area contributed by atoms with E-state index < -0.39 is 0 Å². The zero-order valence-corrected chi connectivity index (χ0v) is 13.8. The molecule has 0 radical (unpaired) electrons. The smallest absolute Gasteiger partial charge is 0.277 e. The standard InChI is InChI=1S/C18H19N5O/c1-10-6-5-8-12-11(2)19-17(21-15(10)12)23-18-20-14-9-4-3-7-13(14)16(24)22-18/h5-6,8H,3-4,7,9H2,1-2H3,(H2,19,20,21,22,23,24). The van der Waals surface area contributed by atoms with E-state index in [1.54, 1.807) is 0 Å². The van der Waals surface area contributed by atoms with Crippen molar-refractivity contribution < 1.29 is 0 Å². The third-order valence-corrected chi connectivity index (χ3v) is 4.56. The number of anilines is 2. The Kier molecular flexibility index (Phi) is 3.52. The maximum Gasteiger partial charge on any atom is 0.277 e. The van der Waals surface area contributed by atoms with Crippen molar-refractivity contribution in [3.8, 4) is 0 Å². The number of hydrogen-bond donors (Lipinski definition) is 2. The molecule has 1 aliphatic rings. The number of nitrogens with one attached hydrogen (secondary N) is 2. The molecule has 3 aromatic rings. The maximum absolute atomic E-state index is 12.2. The fraction of sp³-hybridized carbons (Fsp3) is 0.333. The van der Waals surface area contributed by atoms with Crippen molar-refractivity contribution in [3.05, 3.63) is 51.1 Å². The second-order valence-electron chi connectivity index (χ2n) is 6.28. The highest BCUT2D eigenvalue weighted by Gasteiger charge is 2.16. The van der Waals surface area contributed by atoms with Gasteiger partial charge in [-0.2, -0.15) is 4.98 Å². The second-order valence-corrected chi connectivity index (χ2v) is 6.28. The third kappa shape index (κ3) is 2.54. The van der Waals surface area contributed by atoms with Crippen molar-refractivity contribution in [2.75, 3.05) is 5.32 Å². The van der Waals surface area contributed by atoms with Crippen molar-refractivity contribution in [1.29, 1.82) is 0 Å². The molecular weight excluding hydrogens is 302 g/mol. The lowest BCUT2D eigenvalue weighted by Crippen LogP contribution is -2.22. The molecule has 4 rings (SSSR count). The average molecular weight is 321 g/mol. The van der Waals surface area contributed by atoms with E-state index in [-0.39, 0.29) is 5.56 Å². The van der Waals surface area contributed by atoms with Gasteiger partial charge in [-0.05, 0) is 45.1 Å². The number of hydrogen-bond acceptors (Lipinski definition) is 5. The molecule has 0 unspecified atom stereocenters. The Bertz CT molecular complexity index is 993. The fourth-order valence-corrected chi connectivity index (χ4v) is 3.29. The van der Waals surface area contributed by atoms with Crippen molar-refractivity contribution in [2.45, 2.75) is 39.5 Å². The normalized spacial score (nSPS) is 13.8. The van der Waals surface area contributed by atoms with Crippen LogP contribution in [-0.4, -0.2) is 19.9 Å². The Labute approximate surface area is 139 Å². The lowest BCUT2D eigenvalue weighted by molar-refractivity contribution is 0.657. The summed E-state index contributed by atoms with van der Waals surface area (Å²) < 4.78 is 0. The van der Waals surface area contributed by atoms with Gasteiger partial charge in [-0.3, -0.25) is 10.1 Å². The number of para-hydroxylation sites is 1. The number of fused-ring (bicyclic) bond motifs is 2. The van der Waals surface area contributed by atoms with Gasteiger partial charge in [0.05, 0.1) is 11.2 Å². The Morgan fingerprint density at radius 1 is 1.08 bits per heavy atom. The van der Waals surface area contributed by atoms with Crippen molar-refractivity contribution in [2.24, 2.45) is 0 Å². The number of rotatable bonds is 2. The van der Waals surface area contributed by atoms with Gasteiger partial charge in [0.15, 0.2) is 0 Å². The quantitative estimate of drug-likeness (QED) is 0.758. The van der Waals surface area contributed by atoms with Crippen LogP contribution in [0.5, 0.6) is 0 Å². The van der Waals surface area contributed by atoms with E-state index in [1.165, 1.54) is 0 Å². The van der Waals surface area contributed by atoms with E-state index in [9.17, 15) is 4.79 Å². The highest BCUT2D eigenvalue weighted by molar-refractivity contribution is 5.84. The number of aryl methyl sites for hydroxylation is 3. The average Bonchev–Trinajstić information content (AvgIpc) is 2.56. The number of benzene rings is 1. The SMILES string of the molecule is Cc1nc(Nc2nc(=O)c3c([nH]2)CCCC3)nc2c(C)cccc12. The summed E-state index contributed by atoms with van der Waals surface area (Å²) in [6.45, 7) is 3.98. The molecule has 0 spiro atoms. The molecule has 122 valence electrons. The number of aromatic amines is 1. The first kappa shape index (κ1) is 14.8. The largest absolute Gasteiger partial charge is 0.329 e. The predicted molar refractivity (Wildman–Crippen MR) is 93.8 cm³/mol. The summed E-state index contributed by atoms with van der Waals surface area (Å²) >= 11 is 0. The number of H-pyrrole nitrogens is 1. The van der Waals surface area contributed by atoms with Crippen LogP contribution in [0.2, 0.25) is 0 Å².